The normalized spacial score (nSPS) is 22.2. The first kappa shape index (κ1) is 12.1. The van der Waals surface area contributed by atoms with Gasteiger partial charge < -0.3 is 9.57 Å². The van der Waals surface area contributed by atoms with Crippen LogP contribution >= 0.6 is 0 Å². The molecule has 2 rings (SSSR count). The zero-order chi connectivity index (χ0) is 12.1. The van der Waals surface area contributed by atoms with E-state index in [1.54, 1.807) is 12.0 Å². The van der Waals surface area contributed by atoms with Crippen LogP contribution in [0.25, 0.3) is 0 Å². The fourth-order valence-corrected chi connectivity index (χ4v) is 1.49. The molecule has 1 aromatic rings. The zero-order valence-corrected chi connectivity index (χ0v) is 9.96. The van der Waals surface area contributed by atoms with E-state index in [0.717, 1.165) is 12.1 Å². The zero-order valence-electron chi connectivity index (χ0n) is 9.96. The highest BCUT2D eigenvalue weighted by Gasteiger charge is 2.37. The van der Waals surface area contributed by atoms with Gasteiger partial charge in [0.25, 0.3) is 0 Å². The van der Waals surface area contributed by atoms with Gasteiger partial charge >= 0.3 is 5.97 Å². The van der Waals surface area contributed by atoms with E-state index in [-0.39, 0.29) is 12.0 Å². The average molecular weight is 235 g/mol. The summed E-state index contributed by atoms with van der Waals surface area (Å²) in [6, 6.07) is 10.3. The van der Waals surface area contributed by atoms with Crippen molar-refractivity contribution in [2.24, 2.45) is 0 Å². The van der Waals surface area contributed by atoms with E-state index in [2.05, 4.69) is 0 Å². The summed E-state index contributed by atoms with van der Waals surface area (Å²) < 4.78 is 5.56. The largest absolute Gasteiger partial charge is 0.375 e. The quantitative estimate of drug-likeness (QED) is 0.704. The molecule has 0 aromatic heterocycles. The molecule has 1 fully saturated rings. The first-order valence-electron chi connectivity index (χ1n) is 5.88. The van der Waals surface area contributed by atoms with Crippen molar-refractivity contribution in [1.29, 1.82) is 0 Å². The fourth-order valence-electron chi connectivity index (χ4n) is 1.49. The number of carbonyl (C=O) groups excluding carboxylic acids is 1. The monoisotopic (exact) mass is 235 g/mol. The second-order valence-corrected chi connectivity index (χ2v) is 4.07. The Morgan fingerprint density at radius 1 is 1.41 bits per heavy atom. The maximum atomic E-state index is 11.0. The topological polar surface area (TPSA) is 38.5 Å². The van der Waals surface area contributed by atoms with E-state index >= 15 is 0 Å². The average Bonchev–Trinajstić information content (AvgIpc) is 3.08. The molecule has 0 N–H and O–H groups in total. The highest BCUT2D eigenvalue weighted by molar-refractivity contribution is 5.68. The van der Waals surface area contributed by atoms with Crippen LogP contribution in [-0.4, -0.2) is 30.2 Å². The molecular weight excluding hydrogens is 218 g/mol. The van der Waals surface area contributed by atoms with Crippen molar-refractivity contribution < 1.29 is 14.4 Å². The number of benzene rings is 1. The van der Waals surface area contributed by atoms with Crippen LogP contribution in [0.15, 0.2) is 30.3 Å². The van der Waals surface area contributed by atoms with Crippen LogP contribution in [0.1, 0.15) is 18.9 Å². The van der Waals surface area contributed by atoms with Crippen molar-refractivity contribution >= 4 is 5.97 Å². The van der Waals surface area contributed by atoms with Gasteiger partial charge in [-0.1, -0.05) is 37.3 Å². The van der Waals surface area contributed by atoms with Crippen LogP contribution in [0.2, 0.25) is 0 Å². The van der Waals surface area contributed by atoms with Crippen molar-refractivity contribution in [3.63, 3.8) is 0 Å². The molecule has 1 saturated heterocycles. The van der Waals surface area contributed by atoms with E-state index in [9.17, 15) is 4.79 Å². The van der Waals surface area contributed by atoms with Crippen LogP contribution in [0.5, 0.6) is 0 Å². The minimum atomic E-state index is -0.185. The molecule has 0 spiro atoms. The van der Waals surface area contributed by atoms with Gasteiger partial charge in [-0.05, 0) is 5.56 Å². The van der Waals surface area contributed by atoms with E-state index in [0.29, 0.717) is 19.6 Å². The Bertz CT molecular complexity index is 366. The van der Waals surface area contributed by atoms with Gasteiger partial charge in [0.2, 0.25) is 0 Å². The molecule has 2 unspecified atom stereocenters. The molecule has 1 aromatic carbocycles. The number of carbonyl (C=O) groups is 1. The fraction of sp³-hybridized carbons (Fsp3) is 0.462. The molecule has 0 bridgehead atoms. The minimum absolute atomic E-state index is 0.185. The van der Waals surface area contributed by atoms with Crippen molar-refractivity contribution in [2.45, 2.75) is 26.0 Å². The molecule has 0 aliphatic carbocycles. The first-order chi connectivity index (χ1) is 8.29. The van der Waals surface area contributed by atoms with Crippen molar-refractivity contribution in [3.8, 4) is 0 Å². The molecule has 1 aliphatic heterocycles. The van der Waals surface area contributed by atoms with Crippen LogP contribution in [0.4, 0.5) is 0 Å². The summed E-state index contributed by atoms with van der Waals surface area (Å²) in [7, 11) is 0. The number of hydrogen-bond acceptors (Lipinski definition) is 4. The van der Waals surface area contributed by atoms with Crippen molar-refractivity contribution in [1.82, 2.24) is 5.06 Å². The van der Waals surface area contributed by atoms with Gasteiger partial charge in [0.15, 0.2) is 0 Å². The molecule has 0 amide bonds. The summed E-state index contributed by atoms with van der Waals surface area (Å²) in [6.07, 6.45) is 0.411. The van der Waals surface area contributed by atoms with E-state index in [4.69, 9.17) is 9.57 Å². The first-order valence-corrected chi connectivity index (χ1v) is 5.88. The SMILES string of the molecule is CCC(=O)ON1CC1COCc1ccccc1. The summed E-state index contributed by atoms with van der Waals surface area (Å²) in [5.74, 6) is -0.185. The predicted molar refractivity (Wildman–Crippen MR) is 63.0 cm³/mol. The predicted octanol–water partition coefficient (Wildman–Crippen LogP) is 1.76. The lowest BCUT2D eigenvalue weighted by Gasteiger charge is -2.05. The molecule has 1 heterocycles. The molecule has 4 nitrogen and oxygen atoms in total. The summed E-state index contributed by atoms with van der Waals surface area (Å²) >= 11 is 0. The molecule has 2 atom stereocenters. The number of ether oxygens (including phenoxy) is 1. The third kappa shape index (κ3) is 3.84. The molecular formula is C13H17NO3. The van der Waals surface area contributed by atoms with Gasteiger partial charge in [0, 0.05) is 6.42 Å². The summed E-state index contributed by atoms with van der Waals surface area (Å²) in [4.78, 5) is 16.0. The van der Waals surface area contributed by atoms with Gasteiger partial charge in [0.1, 0.15) is 0 Å². The Balaban J connectivity index is 1.60. The van der Waals surface area contributed by atoms with Gasteiger partial charge in [-0.15, -0.1) is 5.06 Å². The second kappa shape index (κ2) is 5.80. The Morgan fingerprint density at radius 3 is 2.88 bits per heavy atom. The maximum absolute atomic E-state index is 11.0. The van der Waals surface area contributed by atoms with Gasteiger partial charge in [-0.25, -0.2) is 0 Å². The summed E-state index contributed by atoms with van der Waals surface area (Å²) in [5.41, 5.74) is 1.16. The summed E-state index contributed by atoms with van der Waals surface area (Å²) in [5, 5.41) is 1.66. The third-order valence-electron chi connectivity index (χ3n) is 2.59. The Kier molecular flexibility index (Phi) is 4.12. The summed E-state index contributed by atoms with van der Waals surface area (Å²) in [6.45, 7) is 3.77. The van der Waals surface area contributed by atoms with E-state index in [1.807, 2.05) is 30.3 Å². The minimum Gasteiger partial charge on any atom is -0.375 e. The van der Waals surface area contributed by atoms with E-state index < -0.39 is 0 Å². The van der Waals surface area contributed by atoms with Crippen molar-refractivity contribution in [3.05, 3.63) is 35.9 Å². The number of nitrogens with zero attached hydrogens (tertiary/aromatic N) is 1. The smallest absolute Gasteiger partial charge is 0.324 e. The highest BCUT2D eigenvalue weighted by Crippen LogP contribution is 2.18. The lowest BCUT2D eigenvalue weighted by atomic mass is 10.2. The Hall–Kier alpha value is -1.39. The molecule has 92 valence electrons. The Morgan fingerprint density at radius 2 is 2.18 bits per heavy atom. The molecule has 0 radical (unpaired) electrons. The van der Waals surface area contributed by atoms with Gasteiger partial charge in [-0.3, -0.25) is 4.79 Å². The van der Waals surface area contributed by atoms with Crippen LogP contribution in [-0.2, 0) is 21.0 Å². The van der Waals surface area contributed by atoms with Crippen LogP contribution < -0.4 is 0 Å². The molecule has 4 heteroatoms. The molecule has 0 saturated carbocycles. The maximum Gasteiger partial charge on any atom is 0.324 e. The van der Waals surface area contributed by atoms with Crippen molar-refractivity contribution in [2.75, 3.05) is 13.2 Å². The molecule has 17 heavy (non-hydrogen) atoms. The Labute approximate surface area is 101 Å². The van der Waals surface area contributed by atoms with Gasteiger partial charge in [-0.2, -0.15) is 0 Å². The van der Waals surface area contributed by atoms with E-state index in [1.165, 1.54) is 0 Å². The third-order valence-corrected chi connectivity index (χ3v) is 2.59. The number of rotatable bonds is 6. The lowest BCUT2D eigenvalue weighted by Crippen LogP contribution is -2.13. The lowest BCUT2D eigenvalue weighted by molar-refractivity contribution is -0.168. The highest BCUT2D eigenvalue weighted by atomic mass is 16.7. The number of hydroxylamine groups is 2. The standard InChI is InChI=1S/C13H17NO3/c1-2-13(15)17-14-8-12(14)10-16-9-11-6-4-3-5-7-11/h3-7,12H,2,8-10H2,1H3. The molecule has 1 aliphatic rings. The van der Waals surface area contributed by atoms with Crippen LogP contribution in [0, 0.1) is 0 Å². The van der Waals surface area contributed by atoms with Crippen LogP contribution in [0.3, 0.4) is 0 Å². The number of hydrogen-bond donors (Lipinski definition) is 0. The second-order valence-electron chi connectivity index (χ2n) is 4.07. The van der Waals surface area contributed by atoms with Gasteiger partial charge in [0.05, 0.1) is 25.8 Å².